The summed E-state index contributed by atoms with van der Waals surface area (Å²) in [5, 5.41) is 0. The highest BCUT2D eigenvalue weighted by atomic mass is 16.5. The Kier molecular flexibility index (Phi) is 4.16. The molecule has 1 fully saturated rings. The van der Waals surface area contributed by atoms with E-state index >= 15 is 0 Å². The third-order valence-corrected chi connectivity index (χ3v) is 2.48. The highest BCUT2D eigenvalue weighted by molar-refractivity contribution is 4.86. The smallest absolute Gasteiger partial charge is 0.0858 e. The lowest BCUT2D eigenvalue weighted by atomic mass is 10.3. The molecule has 0 aromatic rings. The summed E-state index contributed by atoms with van der Waals surface area (Å²) in [7, 11) is 3.46. The number of ether oxygens (including phenoxy) is 3. The van der Waals surface area contributed by atoms with Crippen LogP contribution in [0.1, 0.15) is 26.7 Å². The molecule has 1 saturated carbocycles. The SMILES string of the molecule is COC1CC(OC(C)C)CC1OC. The predicted octanol–water partition coefficient (Wildman–Crippen LogP) is 1.60. The minimum atomic E-state index is 0.203. The van der Waals surface area contributed by atoms with Crippen molar-refractivity contribution in [2.75, 3.05) is 14.2 Å². The number of hydrogen-bond acceptors (Lipinski definition) is 3. The first kappa shape index (κ1) is 11.0. The van der Waals surface area contributed by atoms with Gasteiger partial charge in [-0.3, -0.25) is 0 Å². The van der Waals surface area contributed by atoms with E-state index in [1.54, 1.807) is 14.2 Å². The molecule has 1 rings (SSSR count). The van der Waals surface area contributed by atoms with Crippen molar-refractivity contribution in [3.63, 3.8) is 0 Å². The van der Waals surface area contributed by atoms with Crippen LogP contribution in [0.2, 0.25) is 0 Å². The quantitative estimate of drug-likeness (QED) is 0.670. The zero-order valence-corrected chi connectivity index (χ0v) is 8.95. The summed E-state index contributed by atoms with van der Waals surface area (Å²) < 4.78 is 16.4. The summed E-state index contributed by atoms with van der Waals surface area (Å²) >= 11 is 0. The van der Waals surface area contributed by atoms with Crippen molar-refractivity contribution in [3.8, 4) is 0 Å². The third-order valence-electron chi connectivity index (χ3n) is 2.48. The molecule has 0 heterocycles. The fourth-order valence-electron chi connectivity index (χ4n) is 1.91. The van der Waals surface area contributed by atoms with Gasteiger partial charge in [0, 0.05) is 27.1 Å². The zero-order valence-electron chi connectivity index (χ0n) is 8.95. The molecule has 2 atom stereocenters. The Labute approximate surface area is 80.4 Å². The van der Waals surface area contributed by atoms with Crippen LogP contribution in [0.4, 0.5) is 0 Å². The fourth-order valence-corrected chi connectivity index (χ4v) is 1.91. The molecular formula is C10H20O3. The molecule has 0 aromatic carbocycles. The van der Waals surface area contributed by atoms with Gasteiger partial charge in [-0.05, 0) is 13.8 Å². The second-order valence-corrected chi connectivity index (χ2v) is 3.83. The van der Waals surface area contributed by atoms with Crippen molar-refractivity contribution in [2.45, 2.75) is 51.1 Å². The number of methoxy groups -OCH3 is 2. The van der Waals surface area contributed by atoms with Crippen molar-refractivity contribution in [1.29, 1.82) is 0 Å². The average molecular weight is 188 g/mol. The molecule has 13 heavy (non-hydrogen) atoms. The largest absolute Gasteiger partial charge is 0.379 e. The molecule has 2 unspecified atom stereocenters. The minimum absolute atomic E-state index is 0.203. The Balaban J connectivity index is 2.38. The summed E-state index contributed by atoms with van der Waals surface area (Å²) in [5.74, 6) is 0. The Morgan fingerprint density at radius 2 is 1.46 bits per heavy atom. The summed E-state index contributed by atoms with van der Waals surface area (Å²) in [6, 6.07) is 0. The molecule has 3 heteroatoms. The Hall–Kier alpha value is -0.120. The second-order valence-electron chi connectivity index (χ2n) is 3.83. The van der Waals surface area contributed by atoms with E-state index in [1.807, 2.05) is 0 Å². The summed E-state index contributed by atoms with van der Waals surface area (Å²) in [4.78, 5) is 0. The lowest BCUT2D eigenvalue weighted by Crippen LogP contribution is -2.23. The van der Waals surface area contributed by atoms with Gasteiger partial charge in [0.05, 0.1) is 24.4 Å². The molecule has 0 N–H and O–H groups in total. The van der Waals surface area contributed by atoms with E-state index in [9.17, 15) is 0 Å². The topological polar surface area (TPSA) is 27.7 Å². The first-order valence-corrected chi connectivity index (χ1v) is 4.88. The van der Waals surface area contributed by atoms with Crippen molar-refractivity contribution in [3.05, 3.63) is 0 Å². The standard InChI is InChI=1S/C10H20O3/c1-7(2)13-8-5-9(11-3)10(6-8)12-4/h7-10H,5-6H2,1-4H3. The van der Waals surface area contributed by atoms with E-state index < -0.39 is 0 Å². The molecule has 0 aliphatic heterocycles. The first-order valence-electron chi connectivity index (χ1n) is 4.88. The third kappa shape index (κ3) is 2.93. The minimum Gasteiger partial charge on any atom is -0.379 e. The Morgan fingerprint density at radius 3 is 1.77 bits per heavy atom. The first-order chi connectivity index (χ1) is 6.17. The normalized spacial score (nSPS) is 34.4. The lowest BCUT2D eigenvalue weighted by Gasteiger charge is -2.14. The van der Waals surface area contributed by atoms with E-state index in [-0.39, 0.29) is 18.3 Å². The highest BCUT2D eigenvalue weighted by Crippen LogP contribution is 2.27. The molecule has 3 nitrogen and oxygen atoms in total. The van der Waals surface area contributed by atoms with Gasteiger partial charge in [-0.1, -0.05) is 0 Å². The van der Waals surface area contributed by atoms with Crippen LogP contribution in [0.25, 0.3) is 0 Å². The maximum Gasteiger partial charge on any atom is 0.0858 e. The van der Waals surface area contributed by atoms with Gasteiger partial charge in [-0.15, -0.1) is 0 Å². The maximum atomic E-state index is 5.72. The molecule has 78 valence electrons. The van der Waals surface area contributed by atoms with Crippen LogP contribution in [0, 0.1) is 0 Å². The molecule has 1 aliphatic rings. The number of hydrogen-bond donors (Lipinski definition) is 0. The summed E-state index contributed by atoms with van der Waals surface area (Å²) in [5.41, 5.74) is 0. The van der Waals surface area contributed by atoms with E-state index in [1.165, 1.54) is 0 Å². The van der Waals surface area contributed by atoms with E-state index in [4.69, 9.17) is 14.2 Å². The molecule has 0 bridgehead atoms. The highest BCUT2D eigenvalue weighted by Gasteiger charge is 2.35. The van der Waals surface area contributed by atoms with Crippen LogP contribution < -0.4 is 0 Å². The second kappa shape index (κ2) is 4.94. The molecule has 0 spiro atoms. The maximum absolute atomic E-state index is 5.72. The van der Waals surface area contributed by atoms with Crippen molar-refractivity contribution >= 4 is 0 Å². The zero-order chi connectivity index (χ0) is 9.84. The van der Waals surface area contributed by atoms with Crippen molar-refractivity contribution in [2.24, 2.45) is 0 Å². The van der Waals surface area contributed by atoms with Crippen LogP contribution in [0.3, 0.4) is 0 Å². The van der Waals surface area contributed by atoms with Crippen LogP contribution in [-0.2, 0) is 14.2 Å². The van der Waals surface area contributed by atoms with Gasteiger partial charge in [0.15, 0.2) is 0 Å². The van der Waals surface area contributed by atoms with Gasteiger partial charge in [0.25, 0.3) is 0 Å². The fraction of sp³-hybridized carbons (Fsp3) is 1.00. The van der Waals surface area contributed by atoms with Crippen molar-refractivity contribution in [1.82, 2.24) is 0 Å². The van der Waals surface area contributed by atoms with Crippen LogP contribution >= 0.6 is 0 Å². The van der Waals surface area contributed by atoms with Crippen LogP contribution in [0.15, 0.2) is 0 Å². The predicted molar refractivity (Wildman–Crippen MR) is 50.8 cm³/mol. The van der Waals surface area contributed by atoms with Crippen LogP contribution in [0.5, 0.6) is 0 Å². The van der Waals surface area contributed by atoms with Gasteiger partial charge in [0.1, 0.15) is 0 Å². The van der Waals surface area contributed by atoms with Gasteiger partial charge in [0.2, 0.25) is 0 Å². The van der Waals surface area contributed by atoms with Crippen molar-refractivity contribution < 1.29 is 14.2 Å². The van der Waals surface area contributed by atoms with Crippen LogP contribution in [-0.4, -0.2) is 38.6 Å². The molecule has 1 aliphatic carbocycles. The lowest BCUT2D eigenvalue weighted by molar-refractivity contribution is -0.0157. The van der Waals surface area contributed by atoms with Gasteiger partial charge >= 0.3 is 0 Å². The Bertz CT molecular complexity index is 135. The van der Waals surface area contributed by atoms with Gasteiger partial charge in [-0.25, -0.2) is 0 Å². The summed E-state index contributed by atoms with van der Waals surface area (Å²) in [6.07, 6.45) is 2.90. The summed E-state index contributed by atoms with van der Waals surface area (Å²) in [6.45, 7) is 4.11. The molecule has 0 amide bonds. The molecule has 0 radical (unpaired) electrons. The molecule has 0 saturated heterocycles. The van der Waals surface area contributed by atoms with Gasteiger partial charge in [-0.2, -0.15) is 0 Å². The Morgan fingerprint density at radius 1 is 1.00 bits per heavy atom. The molecule has 0 aromatic heterocycles. The van der Waals surface area contributed by atoms with E-state index in [0.29, 0.717) is 6.10 Å². The van der Waals surface area contributed by atoms with E-state index in [0.717, 1.165) is 12.8 Å². The molecular weight excluding hydrogens is 168 g/mol. The van der Waals surface area contributed by atoms with Gasteiger partial charge < -0.3 is 14.2 Å². The monoisotopic (exact) mass is 188 g/mol. The average Bonchev–Trinajstić information content (AvgIpc) is 2.45. The van der Waals surface area contributed by atoms with E-state index in [2.05, 4.69) is 13.8 Å². The number of rotatable bonds is 4.